The lowest BCUT2D eigenvalue weighted by molar-refractivity contribution is -0.120. The number of methoxy groups -OCH3 is 1. The summed E-state index contributed by atoms with van der Waals surface area (Å²) < 4.78 is 43.4. The molecular formula is C24H28FN3O5S. The summed E-state index contributed by atoms with van der Waals surface area (Å²) in [5.41, 5.74) is 1.99. The molecule has 0 unspecified atom stereocenters. The molecular weight excluding hydrogens is 461 g/mol. The van der Waals surface area contributed by atoms with E-state index in [2.05, 4.69) is 5.32 Å². The molecule has 0 saturated carbocycles. The number of anilines is 1. The van der Waals surface area contributed by atoms with E-state index in [4.69, 9.17) is 9.88 Å². The molecule has 2 aromatic rings. The van der Waals surface area contributed by atoms with Gasteiger partial charge >= 0.3 is 6.03 Å². The maximum Gasteiger partial charge on any atom is 0.328 e. The molecule has 0 atom stereocenters. The van der Waals surface area contributed by atoms with Gasteiger partial charge in [0.1, 0.15) is 11.6 Å². The number of rotatable bonds is 6. The molecule has 0 radical (unpaired) electrons. The molecule has 0 bridgehead atoms. The van der Waals surface area contributed by atoms with Gasteiger partial charge in [0.05, 0.1) is 12.9 Å². The summed E-state index contributed by atoms with van der Waals surface area (Å²) in [5.74, 6) is -0.798. The molecule has 10 heteroatoms. The van der Waals surface area contributed by atoms with E-state index >= 15 is 4.39 Å². The summed E-state index contributed by atoms with van der Waals surface area (Å²) in [7, 11) is -2.20. The van der Waals surface area contributed by atoms with Gasteiger partial charge in [-0.15, -0.1) is 0 Å². The summed E-state index contributed by atoms with van der Waals surface area (Å²) in [5, 5.41) is 7.36. The molecule has 34 heavy (non-hydrogen) atoms. The Morgan fingerprint density at radius 3 is 2.38 bits per heavy atom. The van der Waals surface area contributed by atoms with Crippen molar-refractivity contribution in [2.45, 2.75) is 38.4 Å². The Morgan fingerprint density at radius 1 is 1.21 bits per heavy atom. The highest BCUT2D eigenvalue weighted by Crippen LogP contribution is 2.40. The van der Waals surface area contributed by atoms with E-state index < -0.39 is 27.3 Å². The lowest BCUT2D eigenvalue weighted by Crippen LogP contribution is -2.49. The summed E-state index contributed by atoms with van der Waals surface area (Å²) in [6, 6.07) is 8.84. The molecule has 0 spiro atoms. The first-order valence-corrected chi connectivity index (χ1v) is 12.3. The molecule has 3 N–H and O–H groups in total. The van der Waals surface area contributed by atoms with Crippen molar-refractivity contribution >= 4 is 39.6 Å². The van der Waals surface area contributed by atoms with Crippen LogP contribution >= 0.6 is 0 Å². The average Bonchev–Trinajstić information content (AvgIpc) is 2.72. The molecule has 1 aliphatic heterocycles. The van der Waals surface area contributed by atoms with E-state index in [0.717, 1.165) is 5.56 Å². The Labute approximate surface area is 198 Å². The fraction of sp³-hybridized carbons (Fsp3) is 0.333. The van der Waals surface area contributed by atoms with Crippen LogP contribution < -0.4 is 20.1 Å². The average molecular weight is 490 g/mol. The van der Waals surface area contributed by atoms with Gasteiger partial charge in [-0.25, -0.2) is 22.7 Å². The largest absolute Gasteiger partial charge is 0.496 e. The number of amides is 3. The van der Waals surface area contributed by atoms with Crippen molar-refractivity contribution in [2.24, 2.45) is 5.14 Å². The van der Waals surface area contributed by atoms with E-state index in [1.165, 1.54) is 42.4 Å². The van der Waals surface area contributed by atoms with Crippen LogP contribution in [0.5, 0.6) is 5.75 Å². The minimum Gasteiger partial charge on any atom is -0.496 e. The Hall–Kier alpha value is -3.24. The van der Waals surface area contributed by atoms with Crippen LogP contribution in [0.15, 0.2) is 36.4 Å². The standard InChI is InChI=1S/C24H28FN3O5S/c1-24(2,3)19-13-18(28-10-9-21(29)27-23(28)30)11-17(22(19)33-4)12-20(25)16-7-5-15(6-8-16)14-34(26,31)32/h5-8,11-13H,9-10,14H2,1-4H3,(H2,26,31,32)(H,27,29,30)/b20-12+. The van der Waals surface area contributed by atoms with E-state index in [-0.39, 0.29) is 30.2 Å². The third-order valence-electron chi connectivity index (χ3n) is 5.36. The molecule has 0 aromatic heterocycles. The number of halogens is 1. The number of carbonyl (C=O) groups is 2. The highest BCUT2D eigenvalue weighted by Gasteiger charge is 2.28. The Morgan fingerprint density at radius 2 is 1.85 bits per heavy atom. The second-order valence-electron chi connectivity index (χ2n) is 9.12. The molecule has 1 saturated heterocycles. The van der Waals surface area contributed by atoms with Crippen LogP contribution in [-0.2, 0) is 26.0 Å². The van der Waals surface area contributed by atoms with Crippen molar-refractivity contribution in [1.29, 1.82) is 0 Å². The molecule has 3 rings (SSSR count). The highest BCUT2D eigenvalue weighted by molar-refractivity contribution is 7.88. The van der Waals surface area contributed by atoms with Crippen LogP contribution in [0.25, 0.3) is 11.9 Å². The van der Waals surface area contributed by atoms with Gasteiger partial charge in [0.15, 0.2) is 0 Å². The number of sulfonamides is 1. The fourth-order valence-electron chi connectivity index (χ4n) is 3.71. The second-order valence-corrected chi connectivity index (χ2v) is 10.7. The quantitative estimate of drug-likeness (QED) is 0.600. The van der Waals surface area contributed by atoms with Crippen molar-refractivity contribution in [1.82, 2.24) is 5.32 Å². The number of hydrogen-bond donors (Lipinski definition) is 2. The molecule has 2 aromatic carbocycles. The normalized spacial score (nSPS) is 15.4. The Balaban J connectivity index is 2.07. The first-order valence-electron chi connectivity index (χ1n) is 10.6. The second kappa shape index (κ2) is 9.55. The van der Waals surface area contributed by atoms with E-state index in [9.17, 15) is 18.0 Å². The molecule has 1 aliphatic rings. The minimum atomic E-state index is -3.69. The van der Waals surface area contributed by atoms with E-state index in [1.807, 2.05) is 26.8 Å². The van der Waals surface area contributed by atoms with Gasteiger partial charge in [-0.3, -0.25) is 15.0 Å². The van der Waals surface area contributed by atoms with E-state index in [0.29, 0.717) is 22.6 Å². The minimum absolute atomic E-state index is 0.160. The van der Waals surface area contributed by atoms with Crippen LogP contribution in [0, 0.1) is 0 Å². The Bertz CT molecular complexity index is 1250. The fourth-order valence-corrected chi connectivity index (χ4v) is 4.36. The van der Waals surface area contributed by atoms with Crippen LogP contribution in [-0.4, -0.2) is 34.0 Å². The van der Waals surface area contributed by atoms with E-state index in [1.54, 1.807) is 6.07 Å². The predicted molar refractivity (Wildman–Crippen MR) is 129 cm³/mol. The SMILES string of the molecule is COc1c(/C=C(/F)c2ccc(CS(N)(=O)=O)cc2)cc(N2CCC(=O)NC2=O)cc1C(C)(C)C. The monoisotopic (exact) mass is 489 g/mol. The van der Waals surface area contributed by atoms with Crippen molar-refractivity contribution in [3.8, 4) is 5.75 Å². The van der Waals surface area contributed by atoms with Crippen molar-refractivity contribution in [3.63, 3.8) is 0 Å². The van der Waals surface area contributed by atoms with Crippen LogP contribution in [0.3, 0.4) is 0 Å². The van der Waals surface area contributed by atoms with Crippen molar-refractivity contribution < 1.29 is 27.1 Å². The molecule has 182 valence electrons. The smallest absolute Gasteiger partial charge is 0.328 e. The topological polar surface area (TPSA) is 119 Å². The van der Waals surface area contributed by atoms with Gasteiger partial charge in [-0.1, -0.05) is 45.0 Å². The van der Waals surface area contributed by atoms with Gasteiger partial charge in [0, 0.05) is 35.3 Å². The van der Waals surface area contributed by atoms with Gasteiger partial charge in [0.25, 0.3) is 0 Å². The third kappa shape index (κ3) is 6.00. The number of nitrogens with two attached hydrogens (primary N) is 1. The summed E-state index contributed by atoms with van der Waals surface area (Å²) >= 11 is 0. The maximum absolute atomic E-state index is 15.3. The van der Waals surface area contributed by atoms with Gasteiger partial charge in [-0.05, 0) is 29.2 Å². The summed E-state index contributed by atoms with van der Waals surface area (Å²) in [4.78, 5) is 25.4. The number of nitrogens with one attached hydrogen (secondary N) is 1. The maximum atomic E-state index is 15.3. The first kappa shape index (κ1) is 25.4. The van der Waals surface area contributed by atoms with Crippen molar-refractivity contribution in [3.05, 3.63) is 58.7 Å². The lowest BCUT2D eigenvalue weighted by atomic mass is 9.84. The molecule has 8 nitrogen and oxygen atoms in total. The molecule has 3 amide bonds. The first-order chi connectivity index (χ1) is 15.8. The number of imide groups is 1. The number of primary sulfonamides is 1. The number of benzene rings is 2. The molecule has 0 aliphatic carbocycles. The number of ether oxygens (including phenoxy) is 1. The number of carbonyl (C=O) groups excluding carboxylic acids is 2. The summed E-state index contributed by atoms with van der Waals surface area (Å²) in [6.45, 7) is 6.13. The zero-order valence-corrected chi connectivity index (χ0v) is 20.3. The van der Waals surface area contributed by atoms with Gasteiger partial charge in [0.2, 0.25) is 15.9 Å². The van der Waals surface area contributed by atoms with Gasteiger partial charge in [-0.2, -0.15) is 0 Å². The van der Waals surface area contributed by atoms with Gasteiger partial charge < -0.3 is 4.74 Å². The third-order valence-corrected chi connectivity index (χ3v) is 6.10. The number of urea groups is 1. The molecule has 1 fully saturated rings. The number of hydrogen-bond acceptors (Lipinski definition) is 5. The summed E-state index contributed by atoms with van der Waals surface area (Å²) in [6.07, 6.45) is 1.46. The number of nitrogens with zero attached hydrogens (tertiary/aromatic N) is 1. The van der Waals surface area contributed by atoms with Crippen LogP contribution in [0.4, 0.5) is 14.9 Å². The van der Waals surface area contributed by atoms with Crippen LogP contribution in [0.1, 0.15) is 49.4 Å². The zero-order valence-electron chi connectivity index (χ0n) is 19.5. The Kier molecular flexibility index (Phi) is 7.13. The lowest BCUT2D eigenvalue weighted by Gasteiger charge is -2.30. The highest BCUT2D eigenvalue weighted by atomic mass is 32.2. The van der Waals surface area contributed by atoms with Crippen LogP contribution in [0.2, 0.25) is 0 Å². The molecule has 1 heterocycles. The zero-order chi connectivity index (χ0) is 25.3. The predicted octanol–water partition coefficient (Wildman–Crippen LogP) is 3.70. The van der Waals surface area contributed by atoms with Crippen molar-refractivity contribution in [2.75, 3.05) is 18.6 Å².